The van der Waals surface area contributed by atoms with Crippen molar-refractivity contribution in [3.63, 3.8) is 0 Å². The van der Waals surface area contributed by atoms with Crippen molar-refractivity contribution in [1.29, 1.82) is 0 Å². The average molecular weight is 273 g/mol. The van der Waals surface area contributed by atoms with E-state index >= 15 is 0 Å². The summed E-state index contributed by atoms with van der Waals surface area (Å²) < 4.78 is 0. The third kappa shape index (κ3) is 1.73. The molecular formula is C15H15NO4. The number of amides is 2. The number of nitrogens with zero attached hydrogens (tertiary/aromatic N) is 1. The Balaban J connectivity index is 2.01. The summed E-state index contributed by atoms with van der Waals surface area (Å²) in [5.74, 6) is -1.44. The van der Waals surface area contributed by atoms with Gasteiger partial charge in [-0.15, -0.1) is 0 Å². The zero-order chi connectivity index (χ0) is 14.4. The maximum absolute atomic E-state index is 12.4. The Labute approximate surface area is 116 Å². The Morgan fingerprint density at radius 3 is 2.50 bits per heavy atom. The van der Waals surface area contributed by atoms with Crippen molar-refractivity contribution >= 4 is 17.8 Å². The van der Waals surface area contributed by atoms with E-state index < -0.39 is 5.97 Å². The van der Waals surface area contributed by atoms with E-state index in [0.29, 0.717) is 11.5 Å². The van der Waals surface area contributed by atoms with Crippen LogP contribution in [0.1, 0.15) is 57.3 Å². The van der Waals surface area contributed by atoms with Gasteiger partial charge in [-0.1, -0.05) is 13.3 Å². The maximum Gasteiger partial charge on any atom is 0.335 e. The number of imide groups is 1. The van der Waals surface area contributed by atoms with Crippen molar-refractivity contribution in [2.75, 3.05) is 0 Å². The molecule has 1 saturated carbocycles. The second-order valence-electron chi connectivity index (χ2n) is 5.52. The Hall–Kier alpha value is -2.17. The molecule has 2 amide bonds. The number of hydrogen-bond acceptors (Lipinski definition) is 3. The van der Waals surface area contributed by atoms with E-state index in [0.717, 1.165) is 19.3 Å². The molecule has 0 radical (unpaired) electrons. The standard InChI is InChI=1S/C15H15NO4/c1-8-3-2-4-12(8)16-13(17)10-6-5-9(15(19)20)7-11(10)14(16)18/h5-8,12H,2-4H2,1H3,(H,19,20). The first-order valence-electron chi connectivity index (χ1n) is 6.76. The van der Waals surface area contributed by atoms with E-state index in [1.807, 2.05) is 6.92 Å². The van der Waals surface area contributed by atoms with Crippen molar-refractivity contribution in [3.05, 3.63) is 34.9 Å². The molecule has 0 aromatic heterocycles. The van der Waals surface area contributed by atoms with Gasteiger partial charge in [-0.25, -0.2) is 4.79 Å². The molecule has 2 aliphatic rings. The Morgan fingerprint density at radius 1 is 1.20 bits per heavy atom. The lowest BCUT2D eigenvalue weighted by Crippen LogP contribution is -2.41. The van der Waals surface area contributed by atoms with Gasteiger partial charge in [-0.05, 0) is 37.0 Å². The minimum atomic E-state index is -1.10. The predicted octanol–water partition coefficient (Wildman–Crippen LogP) is 2.17. The molecule has 0 saturated heterocycles. The maximum atomic E-state index is 12.4. The second-order valence-corrected chi connectivity index (χ2v) is 5.52. The van der Waals surface area contributed by atoms with Crippen LogP contribution >= 0.6 is 0 Å². The number of carboxylic acids is 1. The van der Waals surface area contributed by atoms with Gasteiger partial charge in [0.1, 0.15) is 0 Å². The van der Waals surface area contributed by atoms with Crippen LogP contribution in [0.2, 0.25) is 0 Å². The van der Waals surface area contributed by atoms with E-state index in [1.165, 1.54) is 23.1 Å². The summed E-state index contributed by atoms with van der Waals surface area (Å²) in [6.07, 6.45) is 2.86. The SMILES string of the molecule is CC1CCCC1N1C(=O)c2ccc(C(=O)O)cc2C1=O. The monoisotopic (exact) mass is 273 g/mol. The number of hydrogen-bond donors (Lipinski definition) is 1. The summed E-state index contributed by atoms with van der Waals surface area (Å²) in [6, 6.07) is 4.06. The van der Waals surface area contributed by atoms with Gasteiger partial charge >= 0.3 is 5.97 Å². The molecule has 1 fully saturated rings. The van der Waals surface area contributed by atoms with Crippen LogP contribution in [0, 0.1) is 5.92 Å². The molecule has 0 spiro atoms. The fourth-order valence-electron chi connectivity index (χ4n) is 3.20. The van der Waals surface area contributed by atoms with Gasteiger partial charge in [-0.3, -0.25) is 14.5 Å². The van der Waals surface area contributed by atoms with E-state index in [2.05, 4.69) is 0 Å². The molecule has 2 atom stereocenters. The smallest absolute Gasteiger partial charge is 0.335 e. The van der Waals surface area contributed by atoms with Crippen LogP contribution in [0.25, 0.3) is 0 Å². The van der Waals surface area contributed by atoms with Gasteiger partial charge < -0.3 is 5.11 Å². The topological polar surface area (TPSA) is 74.7 Å². The second kappa shape index (κ2) is 4.44. The van der Waals surface area contributed by atoms with Gasteiger partial charge in [0.05, 0.1) is 16.7 Å². The number of rotatable bonds is 2. The van der Waals surface area contributed by atoms with Crippen molar-refractivity contribution < 1.29 is 19.5 Å². The van der Waals surface area contributed by atoms with Crippen LogP contribution in [0.4, 0.5) is 0 Å². The van der Waals surface area contributed by atoms with Crippen molar-refractivity contribution in [1.82, 2.24) is 4.90 Å². The summed E-state index contributed by atoms with van der Waals surface area (Å²) in [5.41, 5.74) is 0.569. The first-order chi connectivity index (χ1) is 9.50. The fourth-order valence-corrected chi connectivity index (χ4v) is 3.20. The number of carbonyl (C=O) groups is 3. The Morgan fingerprint density at radius 2 is 1.90 bits per heavy atom. The average Bonchev–Trinajstić information content (AvgIpc) is 2.93. The Bertz CT molecular complexity index is 622. The van der Waals surface area contributed by atoms with E-state index in [1.54, 1.807) is 0 Å². The lowest BCUT2D eigenvalue weighted by molar-refractivity contribution is 0.0554. The zero-order valence-corrected chi connectivity index (χ0v) is 11.1. The molecule has 5 nitrogen and oxygen atoms in total. The highest BCUT2D eigenvalue weighted by atomic mass is 16.4. The summed E-state index contributed by atoms with van der Waals surface area (Å²) in [7, 11) is 0. The molecule has 5 heteroatoms. The molecule has 1 aliphatic heterocycles. The molecule has 1 N–H and O–H groups in total. The fraction of sp³-hybridized carbons (Fsp3) is 0.400. The van der Waals surface area contributed by atoms with Crippen LogP contribution in [0.3, 0.4) is 0 Å². The van der Waals surface area contributed by atoms with Crippen LogP contribution in [-0.4, -0.2) is 33.8 Å². The first-order valence-corrected chi connectivity index (χ1v) is 6.76. The number of carbonyl (C=O) groups excluding carboxylic acids is 2. The number of benzene rings is 1. The molecule has 3 rings (SSSR count). The normalized spacial score (nSPS) is 25.1. The molecule has 1 aliphatic carbocycles. The third-order valence-electron chi connectivity index (χ3n) is 4.31. The number of aromatic carboxylic acids is 1. The van der Waals surface area contributed by atoms with Crippen molar-refractivity contribution in [2.45, 2.75) is 32.2 Å². The molecule has 0 bridgehead atoms. The van der Waals surface area contributed by atoms with Gasteiger partial charge in [0.15, 0.2) is 0 Å². The lowest BCUT2D eigenvalue weighted by atomic mass is 10.1. The minimum absolute atomic E-state index is 0.0335. The van der Waals surface area contributed by atoms with Crippen LogP contribution < -0.4 is 0 Å². The van der Waals surface area contributed by atoms with Gasteiger partial charge in [0.2, 0.25) is 0 Å². The largest absolute Gasteiger partial charge is 0.478 e. The zero-order valence-electron chi connectivity index (χ0n) is 11.1. The van der Waals surface area contributed by atoms with Gasteiger partial charge in [-0.2, -0.15) is 0 Å². The van der Waals surface area contributed by atoms with E-state index in [9.17, 15) is 14.4 Å². The van der Waals surface area contributed by atoms with E-state index in [4.69, 9.17) is 5.11 Å². The highest BCUT2D eigenvalue weighted by Gasteiger charge is 2.43. The van der Waals surface area contributed by atoms with Crippen molar-refractivity contribution in [2.24, 2.45) is 5.92 Å². The van der Waals surface area contributed by atoms with Gasteiger partial charge in [0.25, 0.3) is 11.8 Å². The quantitative estimate of drug-likeness (QED) is 0.838. The summed E-state index contributed by atoms with van der Waals surface area (Å²) in [6.45, 7) is 2.05. The van der Waals surface area contributed by atoms with Crippen LogP contribution in [-0.2, 0) is 0 Å². The van der Waals surface area contributed by atoms with Crippen molar-refractivity contribution in [3.8, 4) is 0 Å². The molecule has 1 aromatic carbocycles. The molecule has 1 heterocycles. The summed E-state index contributed by atoms with van der Waals surface area (Å²) in [5, 5.41) is 8.98. The van der Waals surface area contributed by atoms with Crippen LogP contribution in [0.15, 0.2) is 18.2 Å². The lowest BCUT2D eigenvalue weighted by Gasteiger charge is -2.25. The molecular weight excluding hydrogens is 258 g/mol. The van der Waals surface area contributed by atoms with E-state index in [-0.39, 0.29) is 29.0 Å². The van der Waals surface area contributed by atoms with Crippen LogP contribution in [0.5, 0.6) is 0 Å². The summed E-state index contributed by atoms with van der Waals surface area (Å²) in [4.78, 5) is 37.1. The highest BCUT2D eigenvalue weighted by molar-refractivity contribution is 6.22. The highest BCUT2D eigenvalue weighted by Crippen LogP contribution is 2.35. The minimum Gasteiger partial charge on any atom is -0.478 e. The van der Waals surface area contributed by atoms with Gasteiger partial charge in [0, 0.05) is 6.04 Å². The molecule has 1 aromatic rings. The Kier molecular flexibility index (Phi) is 2.85. The number of carboxylic acid groups (broad SMARTS) is 1. The predicted molar refractivity (Wildman–Crippen MR) is 70.7 cm³/mol. The number of fused-ring (bicyclic) bond motifs is 1. The molecule has 2 unspecified atom stereocenters. The molecule has 104 valence electrons. The summed E-state index contributed by atoms with van der Waals surface area (Å²) >= 11 is 0. The molecule has 20 heavy (non-hydrogen) atoms. The first kappa shape index (κ1) is 12.8. The third-order valence-corrected chi connectivity index (χ3v) is 4.31.